The lowest BCUT2D eigenvalue weighted by atomic mass is 10.0. The van der Waals surface area contributed by atoms with Gasteiger partial charge in [0, 0.05) is 5.69 Å². The first-order valence-corrected chi connectivity index (χ1v) is 4.79. The third-order valence-corrected chi connectivity index (χ3v) is 2.23. The zero-order chi connectivity index (χ0) is 12.1. The molecule has 5 heteroatoms. The second-order valence-corrected chi connectivity index (χ2v) is 3.36. The second-order valence-electron chi connectivity index (χ2n) is 3.36. The molecule has 0 aliphatic carbocycles. The maximum Gasteiger partial charge on any atom is 0.316 e. The third-order valence-electron chi connectivity index (χ3n) is 2.23. The fourth-order valence-electron chi connectivity index (χ4n) is 1.31. The molecule has 0 aromatic heterocycles. The van der Waals surface area contributed by atoms with Gasteiger partial charge in [0.2, 0.25) is 0 Å². The van der Waals surface area contributed by atoms with Gasteiger partial charge in [-0.05, 0) is 24.6 Å². The largest absolute Gasteiger partial charge is 0.469 e. The van der Waals surface area contributed by atoms with E-state index in [1.54, 1.807) is 31.2 Å². The van der Waals surface area contributed by atoms with Gasteiger partial charge in [-0.2, -0.15) is 0 Å². The molecule has 0 spiro atoms. The number of hydrogen-bond donors (Lipinski definition) is 2. The minimum atomic E-state index is -0.617. The van der Waals surface area contributed by atoms with Crippen molar-refractivity contribution in [3.05, 3.63) is 29.8 Å². The average molecular weight is 222 g/mol. The molecule has 3 N–H and O–H groups in total. The Bertz CT molecular complexity index is 387. The van der Waals surface area contributed by atoms with Gasteiger partial charge in [0.25, 0.3) is 0 Å². The highest BCUT2D eigenvalue weighted by atomic mass is 16.5. The highest BCUT2D eigenvalue weighted by Gasteiger charge is 2.14. The number of ether oxygens (including phenoxy) is 1. The molecule has 0 fully saturated rings. The van der Waals surface area contributed by atoms with Crippen LogP contribution in [-0.4, -0.2) is 19.1 Å². The fourth-order valence-corrected chi connectivity index (χ4v) is 1.31. The first-order chi connectivity index (χ1) is 7.54. The monoisotopic (exact) mass is 222 g/mol. The summed E-state index contributed by atoms with van der Waals surface area (Å²) in [4.78, 5) is 21.8. The number of carbonyl (C=O) groups is 2. The van der Waals surface area contributed by atoms with Gasteiger partial charge >= 0.3 is 12.0 Å². The van der Waals surface area contributed by atoms with Crippen molar-refractivity contribution >= 4 is 17.7 Å². The van der Waals surface area contributed by atoms with Crippen molar-refractivity contribution < 1.29 is 14.3 Å². The van der Waals surface area contributed by atoms with Crippen molar-refractivity contribution in [1.29, 1.82) is 0 Å². The number of hydrogen-bond acceptors (Lipinski definition) is 3. The number of anilines is 1. The van der Waals surface area contributed by atoms with Crippen molar-refractivity contribution in [3.8, 4) is 0 Å². The number of carbonyl (C=O) groups excluding carboxylic acids is 2. The quantitative estimate of drug-likeness (QED) is 0.759. The van der Waals surface area contributed by atoms with Crippen LogP contribution in [0.4, 0.5) is 10.5 Å². The molecule has 1 aromatic carbocycles. The van der Waals surface area contributed by atoms with E-state index in [0.717, 1.165) is 5.56 Å². The minimum absolute atomic E-state index is 0.296. The number of esters is 1. The Morgan fingerprint density at radius 1 is 1.31 bits per heavy atom. The zero-order valence-corrected chi connectivity index (χ0v) is 9.19. The SMILES string of the molecule is COC(=O)C(C)c1ccc(NC(N)=O)cc1. The minimum Gasteiger partial charge on any atom is -0.469 e. The molecule has 0 aliphatic heterocycles. The number of benzene rings is 1. The van der Waals surface area contributed by atoms with Crippen LogP contribution >= 0.6 is 0 Å². The Kier molecular flexibility index (Phi) is 3.88. The van der Waals surface area contributed by atoms with Crippen LogP contribution < -0.4 is 11.1 Å². The Morgan fingerprint density at radius 2 is 1.88 bits per heavy atom. The van der Waals surface area contributed by atoms with Crippen LogP contribution in [0.2, 0.25) is 0 Å². The summed E-state index contributed by atoms with van der Waals surface area (Å²) in [5, 5.41) is 2.44. The Labute approximate surface area is 93.6 Å². The zero-order valence-electron chi connectivity index (χ0n) is 9.19. The summed E-state index contributed by atoms with van der Waals surface area (Å²) in [6, 6.07) is 6.23. The van der Waals surface area contributed by atoms with Gasteiger partial charge in [0.15, 0.2) is 0 Å². The van der Waals surface area contributed by atoms with E-state index in [0.29, 0.717) is 5.69 Å². The van der Waals surface area contributed by atoms with Crippen LogP contribution in [0, 0.1) is 0 Å². The maximum absolute atomic E-state index is 11.3. The number of methoxy groups -OCH3 is 1. The van der Waals surface area contributed by atoms with Crippen molar-refractivity contribution in [2.75, 3.05) is 12.4 Å². The molecule has 1 rings (SSSR count). The van der Waals surface area contributed by atoms with E-state index in [2.05, 4.69) is 10.1 Å². The molecular formula is C11H14N2O3. The fraction of sp³-hybridized carbons (Fsp3) is 0.273. The van der Waals surface area contributed by atoms with Crippen LogP contribution in [0.5, 0.6) is 0 Å². The summed E-state index contributed by atoms with van der Waals surface area (Å²) in [7, 11) is 1.35. The highest BCUT2D eigenvalue weighted by molar-refractivity contribution is 5.87. The van der Waals surface area contributed by atoms with Crippen LogP contribution in [0.3, 0.4) is 0 Å². The number of rotatable bonds is 3. The summed E-state index contributed by atoms with van der Waals surface area (Å²) in [6.45, 7) is 1.75. The summed E-state index contributed by atoms with van der Waals surface area (Å²) < 4.78 is 4.63. The number of amides is 2. The molecule has 1 aromatic rings. The van der Waals surface area contributed by atoms with E-state index in [9.17, 15) is 9.59 Å². The average Bonchev–Trinajstić information content (AvgIpc) is 2.27. The molecule has 2 amide bonds. The van der Waals surface area contributed by atoms with E-state index < -0.39 is 6.03 Å². The smallest absolute Gasteiger partial charge is 0.316 e. The number of nitrogens with one attached hydrogen (secondary N) is 1. The molecule has 1 unspecified atom stereocenters. The Hall–Kier alpha value is -2.04. The molecule has 16 heavy (non-hydrogen) atoms. The van der Waals surface area contributed by atoms with E-state index in [4.69, 9.17) is 5.73 Å². The van der Waals surface area contributed by atoms with Crippen molar-refractivity contribution in [1.82, 2.24) is 0 Å². The number of nitrogens with two attached hydrogens (primary N) is 1. The molecule has 0 heterocycles. The van der Waals surface area contributed by atoms with Crippen LogP contribution in [0.15, 0.2) is 24.3 Å². The van der Waals surface area contributed by atoms with Crippen molar-refractivity contribution in [2.45, 2.75) is 12.8 Å². The van der Waals surface area contributed by atoms with Crippen LogP contribution in [0.1, 0.15) is 18.4 Å². The topological polar surface area (TPSA) is 81.4 Å². The Morgan fingerprint density at radius 3 is 2.31 bits per heavy atom. The van der Waals surface area contributed by atoms with Gasteiger partial charge in [-0.15, -0.1) is 0 Å². The van der Waals surface area contributed by atoms with Gasteiger partial charge in [-0.1, -0.05) is 12.1 Å². The van der Waals surface area contributed by atoms with E-state index >= 15 is 0 Å². The normalized spacial score (nSPS) is 11.6. The number of urea groups is 1. The molecule has 5 nitrogen and oxygen atoms in total. The molecule has 0 saturated heterocycles. The highest BCUT2D eigenvalue weighted by Crippen LogP contribution is 2.18. The molecule has 0 bridgehead atoms. The Balaban J connectivity index is 2.78. The lowest BCUT2D eigenvalue weighted by Crippen LogP contribution is -2.19. The molecule has 1 atom stereocenters. The van der Waals surface area contributed by atoms with Crippen molar-refractivity contribution in [3.63, 3.8) is 0 Å². The summed E-state index contributed by atoms with van der Waals surface area (Å²) in [5.41, 5.74) is 6.38. The first kappa shape index (κ1) is 12.0. The predicted molar refractivity (Wildman–Crippen MR) is 60.1 cm³/mol. The molecule has 0 saturated carbocycles. The van der Waals surface area contributed by atoms with Gasteiger partial charge in [-0.25, -0.2) is 4.79 Å². The summed E-state index contributed by atoms with van der Waals surface area (Å²) in [6.07, 6.45) is 0. The van der Waals surface area contributed by atoms with Gasteiger partial charge in [-0.3, -0.25) is 4.79 Å². The first-order valence-electron chi connectivity index (χ1n) is 4.79. The van der Waals surface area contributed by atoms with Crippen LogP contribution in [0.25, 0.3) is 0 Å². The molecule has 86 valence electrons. The molecule has 0 radical (unpaired) electrons. The molecule has 0 aliphatic rings. The standard InChI is InChI=1S/C11H14N2O3/c1-7(10(14)16-2)8-3-5-9(6-4-8)13-11(12)15/h3-7H,1-2H3,(H3,12,13,15). The van der Waals surface area contributed by atoms with Gasteiger partial charge in [0.05, 0.1) is 13.0 Å². The van der Waals surface area contributed by atoms with Gasteiger partial charge in [0.1, 0.15) is 0 Å². The van der Waals surface area contributed by atoms with E-state index in [1.807, 2.05) is 0 Å². The molecular weight excluding hydrogens is 208 g/mol. The number of primary amides is 1. The maximum atomic E-state index is 11.3. The summed E-state index contributed by atoms with van der Waals surface area (Å²) >= 11 is 0. The predicted octanol–water partition coefficient (Wildman–Crippen LogP) is 1.45. The van der Waals surface area contributed by atoms with Crippen molar-refractivity contribution in [2.24, 2.45) is 5.73 Å². The second kappa shape index (κ2) is 5.16. The third kappa shape index (κ3) is 2.98. The lowest BCUT2D eigenvalue weighted by molar-refractivity contribution is -0.141. The van der Waals surface area contributed by atoms with E-state index in [-0.39, 0.29) is 11.9 Å². The van der Waals surface area contributed by atoms with Crippen LogP contribution in [-0.2, 0) is 9.53 Å². The van der Waals surface area contributed by atoms with Gasteiger partial charge < -0.3 is 15.8 Å². The van der Waals surface area contributed by atoms with E-state index in [1.165, 1.54) is 7.11 Å². The lowest BCUT2D eigenvalue weighted by Gasteiger charge is -2.10. The summed E-state index contributed by atoms with van der Waals surface area (Å²) in [5.74, 6) is -0.622.